The largest absolute Gasteiger partial charge is 0.507 e. The Hall–Kier alpha value is -1.18. The molecule has 2 heteroatoms. The van der Waals surface area contributed by atoms with Crippen molar-refractivity contribution in [1.82, 2.24) is 0 Å². The number of ether oxygens (including phenoxy) is 1. The average molecular weight is 278 g/mol. The van der Waals surface area contributed by atoms with Crippen molar-refractivity contribution < 1.29 is 9.84 Å². The van der Waals surface area contributed by atoms with Crippen molar-refractivity contribution in [3.05, 3.63) is 22.3 Å². The van der Waals surface area contributed by atoms with E-state index in [4.69, 9.17) is 4.74 Å². The predicted octanol–water partition coefficient (Wildman–Crippen LogP) is 4.68. The van der Waals surface area contributed by atoms with Crippen LogP contribution >= 0.6 is 0 Å². The minimum atomic E-state index is 0.501. The molecule has 0 heterocycles. The predicted molar refractivity (Wildman–Crippen MR) is 86.0 cm³/mol. The standard InChI is InChI=1S/C18H30O2/c1-7-13-15(9-3)18(20-11-12(5)6)16(10-4)14(8-2)17(13)19/h12,19H,7-11H2,1-6H3. The molecule has 0 unspecified atom stereocenters. The van der Waals surface area contributed by atoms with Crippen molar-refractivity contribution in [2.45, 2.75) is 67.2 Å². The molecule has 0 amide bonds. The second-order valence-corrected chi connectivity index (χ2v) is 5.71. The molecule has 0 spiro atoms. The van der Waals surface area contributed by atoms with Crippen LogP contribution in [-0.4, -0.2) is 11.7 Å². The fourth-order valence-electron chi connectivity index (χ4n) is 2.86. The summed E-state index contributed by atoms with van der Waals surface area (Å²) in [5.74, 6) is 2.05. The Labute approximate surface area is 124 Å². The first-order valence-electron chi connectivity index (χ1n) is 8.02. The molecule has 0 atom stereocenters. The summed E-state index contributed by atoms with van der Waals surface area (Å²) in [4.78, 5) is 0. The third-order valence-electron chi connectivity index (χ3n) is 3.82. The van der Waals surface area contributed by atoms with E-state index in [1.54, 1.807) is 0 Å². The number of rotatable bonds is 7. The van der Waals surface area contributed by atoms with Gasteiger partial charge in [0.1, 0.15) is 11.5 Å². The monoisotopic (exact) mass is 278 g/mol. The van der Waals surface area contributed by atoms with E-state index >= 15 is 0 Å². The van der Waals surface area contributed by atoms with E-state index in [2.05, 4.69) is 41.5 Å². The van der Waals surface area contributed by atoms with Crippen molar-refractivity contribution >= 4 is 0 Å². The molecule has 0 aliphatic carbocycles. The quantitative estimate of drug-likeness (QED) is 0.785. The number of benzene rings is 1. The van der Waals surface area contributed by atoms with Crippen LogP contribution in [0.15, 0.2) is 0 Å². The smallest absolute Gasteiger partial charge is 0.126 e. The summed E-state index contributed by atoms with van der Waals surface area (Å²) in [6.45, 7) is 13.6. The average Bonchev–Trinajstić information content (AvgIpc) is 2.43. The molecular formula is C18H30O2. The van der Waals surface area contributed by atoms with Gasteiger partial charge >= 0.3 is 0 Å². The lowest BCUT2D eigenvalue weighted by atomic mass is 9.90. The molecule has 20 heavy (non-hydrogen) atoms. The van der Waals surface area contributed by atoms with Gasteiger partial charge in [0, 0.05) is 22.3 Å². The van der Waals surface area contributed by atoms with Gasteiger partial charge in [-0.1, -0.05) is 41.5 Å². The molecule has 0 saturated heterocycles. The van der Waals surface area contributed by atoms with Crippen molar-refractivity contribution in [2.24, 2.45) is 5.92 Å². The molecule has 1 N–H and O–H groups in total. The van der Waals surface area contributed by atoms with Crippen LogP contribution in [0.5, 0.6) is 11.5 Å². The maximum Gasteiger partial charge on any atom is 0.126 e. The lowest BCUT2D eigenvalue weighted by Crippen LogP contribution is -2.11. The highest BCUT2D eigenvalue weighted by molar-refractivity contribution is 5.59. The molecule has 1 aromatic rings. The van der Waals surface area contributed by atoms with E-state index in [-0.39, 0.29) is 0 Å². The maximum absolute atomic E-state index is 10.6. The summed E-state index contributed by atoms with van der Waals surface area (Å²) < 4.78 is 6.14. The molecule has 2 nitrogen and oxygen atoms in total. The summed E-state index contributed by atoms with van der Waals surface area (Å²) in [6, 6.07) is 0. The topological polar surface area (TPSA) is 29.5 Å². The lowest BCUT2D eigenvalue weighted by molar-refractivity contribution is 0.265. The fourth-order valence-corrected chi connectivity index (χ4v) is 2.86. The Balaban J connectivity index is 3.49. The van der Waals surface area contributed by atoms with Crippen LogP contribution in [0.4, 0.5) is 0 Å². The van der Waals surface area contributed by atoms with Crippen LogP contribution in [0, 0.1) is 5.92 Å². The van der Waals surface area contributed by atoms with Gasteiger partial charge in [-0.25, -0.2) is 0 Å². The SMILES string of the molecule is CCc1c(O)c(CC)c(CC)c(OCC(C)C)c1CC. The van der Waals surface area contributed by atoms with Crippen molar-refractivity contribution in [2.75, 3.05) is 6.61 Å². The third-order valence-corrected chi connectivity index (χ3v) is 3.82. The van der Waals surface area contributed by atoms with Gasteiger partial charge in [0.2, 0.25) is 0 Å². The second-order valence-electron chi connectivity index (χ2n) is 5.71. The molecule has 0 aromatic heterocycles. The molecule has 1 aromatic carbocycles. The van der Waals surface area contributed by atoms with Crippen LogP contribution in [0.3, 0.4) is 0 Å². The van der Waals surface area contributed by atoms with Crippen LogP contribution in [0.25, 0.3) is 0 Å². The Kier molecular flexibility index (Phi) is 6.38. The van der Waals surface area contributed by atoms with Gasteiger partial charge in [-0.2, -0.15) is 0 Å². The van der Waals surface area contributed by atoms with E-state index in [9.17, 15) is 5.11 Å². The van der Waals surface area contributed by atoms with E-state index in [0.717, 1.165) is 49.2 Å². The first-order valence-corrected chi connectivity index (χ1v) is 8.02. The Morgan fingerprint density at radius 2 is 1.20 bits per heavy atom. The summed E-state index contributed by atoms with van der Waals surface area (Å²) in [7, 11) is 0. The zero-order valence-corrected chi connectivity index (χ0v) is 14.0. The second kappa shape index (κ2) is 7.56. The molecule has 0 radical (unpaired) electrons. The molecule has 114 valence electrons. The molecule has 0 saturated carbocycles. The summed E-state index contributed by atoms with van der Waals surface area (Å²) >= 11 is 0. The normalized spacial score (nSPS) is 11.2. The lowest BCUT2D eigenvalue weighted by Gasteiger charge is -2.23. The van der Waals surface area contributed by atoms with E-state index in [0.29, 0.717) is 11.7 Å². The maximum atomic E-state index is 10.6. The fraction of sp³-hybridized carbons (Fsp3) is 0.667. The molecule has 0 aliphatic heterocycles. The third kappa shape index (κ3) is 3.28. The molecule has 1 rings (SSSR count). The summed E-state index contributed by atoms with van der Waals surface area (Å²) in [5.41, 5.74) is 4.53. The Bertz CT molecular complexity index is 414. The Morgan fingerprint density at radius 3 is 1.50 bits per heavy atom. The molecule has 0 fully saturated rings. The highest BCUT2D eigenvalue weighted by atomic mass is 16.5. The molecule has 0 bridgehead atoms. The van der Waals surface area contributed by atoms with E-state index < -0.39 is 0 Å². The van der Waals surface area contributed by atoms with Crippen molar-refractivity contribution in [3.8, 4) is 11.5 Å². The zero-order chi connectivity index (χ0) is 15.3. The summed E-state index contributed by atoms with van der Waals surface area (Å²) in [5, 5.41) is 10.6. The molecule has 0 aliphatic rings. The first kappa shape index (κ1) is 16.9. The van der Waals surface area contributed by atoms with Gasteiger partial charge in [-0.3, -0.25) is 0 Å². The van der Waals surface area contributed by atoms with Gasteiger partial charge in [-0.15, -0.1) is 0 Å². The number of aromatic hydroxyl groups is 1. The molecular weight excluding hydrogens is 248 g/mol. The van der Waals surface area contributed by atoms with Crippen LogP contribution in [0.2, 0.25) is 0 Å². The van der Waals surface area contributed by atoms with E-state index in [1.807, 2.05) is 0 Å². The minimum absolute atomic E-state index is 0.501. The first-order chi connectivity index (χ1) is 9.51. The van der Waals surface area contributed by atoms with Crippen LogP contribution in [-0.2, 0) is 25.7 Å². The number of hydrogen-bond donors (Lipinski definition) is 1. The van der Waals surface area contributed by atoms with Crippen molar-refractivity contribution in [3.63, 3.8) is 0 Å². The van der Waals surface area contributed by atoms with Gasteiger partial charge in [0.25, 0.3) is 0 Å². The highest BCUT2D eigenvalue weighted by Gasteiger charge is 2.21. The number of hydrogen-bond acceptors (Lipinski definition) is 2. The van der Waals surface area contributed by atoms with Crippen molar-refractivity contribution in [1.29, 1.82) is 0 Å². The number of phenolic OH excluding ortho intramolecular Hbond substituents is 1. The highest BCUT2D eigenvalue weighted by Crippen LogP contribution is 2.40. The Morgan fingerprint density at radius 1 is 0.800 bits per heavy atom. The van der Waals surface area contributed by atoms with E-state index in [1.165, 1.54) is 11.1 Å². The van der Waals surface area contributed by atoms with Crippen LogP contribution < -0.4 is 4.74 Å². The number of phenols is 1. The summed E-state index contributed by atoms with van der Waals surface area (Å²) in [6.07, 6.45) is 3.51. The van der Waals surface area contributed by atoms with Gasteiger partial charge in [-0.05, 0) is 31.6 Å². The zero-order valence-electron chi connectivity index (χ0n) is 14.0. The van der Waals surface area contributed by atoms with Crippen LogP contribution in [0.1, 0.15) is 63.8 Å². The van der Waals surface area contributed by atoms with Gasteiger partial charge in [0.15, 0.2) is 0 Å². The van der Waals surface area contributed by atoms with Gasteiger partial charge < -0.3 is 9.84 Å². The van der Waals surface area contributed by atoms with Gasteiger partial charge in [0.05, 0.1) is 6.61 Å². The minimum Gasteiger partial charge on any atom is -0.507 e.